The second-order valence-electron chi connectivity index (χ2n) is 3.90. The number of carboxylic acids is 1. The van der Waals surface area contributed by atoms with E-state index in [1.54, 1.807) is 25.3 Å². The quantitative estimate of drug-likeness (QED) is 0.875. The first-order valence-corrected chi connectivity index (χ1v) is 5.57. The summed E-state index contributed by atoms with van der Waals surface area (Å²) in [5.41, 5.74) is 1.52. The summed E-state index contributed by atoms with van der Waals surface area (Å²) < 4.78 is 4.96. The van der Waals surface area contributed by atoms with Crippen LogP contribution in [0.25, 0.3) is 0 Å². The van der Waals surface area contributed by atoms with Crippen molar-refractivity contribution < 1.29 is 14.6 Å². The molecule has 0 fully saturated rings. The molecule has 0 saturated carbocycles. The fraction of sp³-hybridized carbons (Fsp3) is 0.154. The van der Waals surface area contributed by atoms with Crippen LogP contribution < -0.4 is 10.1 Å². The molecule has 0 aliphatic heterocycles. The van der Waals surface area contributed by atoms with Gasteiger partial charge in [0.05, 0.1) is 24.6 Å². The Labute approximate surface area is 110 Å². The Morgan fingerprint density at radius 2 is 2.16 bits per heavy atom. The van der Waals surface area contributed by atoms with E-state index in [1.807, 2.05) is 0 Å². The number of rotatable bonds is 4. The Bertz CT molecular complexity index is 597. The van der Waals surface area contributed by atoms with Crippen LogP contribution in [0.4, 0.5) is 11.5 Å². The normalized spacial score (nSPS) is 10.0. The maximum absolute atomic E-state index is 11.0. The van der Waals surface area contributed by atoms with Gasteiger partial charge in [0, 0.05) is 11.8 Å². The summed E-state index contributed by atoms with van der Waals surface area (Å²) in [5.74, 6) is -0.0141. The molecular formula is C13H13N3O3. The molecular weight excluding hydrogens is 246 g/mol. The van der Waals surface area contributed by atoms with Gasteiger partial charge in [-0.2, -0.15) is 0 Å². The van der Waals surface area contributed by atoms with E-state index >= 15 is 0 Å². The van der Waals surface area contributed by atoms with Gasteiger partial charge in [0.2, 0.25) is 5.88 Å². The van der Waals surface area contributed by atoms with E-state index in [2.05, 4.69) is 15.3 Å². The summed E-state index contributed by atoms with van der Waals surface area (Å²) in [4.78, 5) is 19.2. The van der Waals surface area contributed by atoms with Gasteiger partial charge >= 0.3 is 5.97 Å². The molecule has 19 heavy (non-hydrogen) atoms. The summed E-state index contributed by atoms with van der Waals surface area (Å²) in [5, 5.41) is 12.0. The number of carbonyl (C=O) groups is 1. The zero-order valence-electron chi connectivity index (χ0n) is 10.5. The van der Waals surface area contributed by atoms with Crippen LogP contribution in [0.15, 0.2) is 30.5 Å². The Hall–Kier alpha value is -2.63. The molecule has 6 heteroatoms. The number of methoxy groups -OCH3 is 1. The van der Waals surface area contributed by atoms with E-state index in [-0.39, 0.29) is 5.56 Å². The number of pyridine rings is 2. The number of aryl methyl sites for hydroxylation is 1. The second kappa shape index (κ2) is 5.34. The van der Waals surface area contributed by atoms with Crippen LogP contribution in [0, 0.1) is 6.92 Å². The van der Waals surface area contributed by atoms with Gasteiger partial charge in [-0.3, -0.25) is 0 Å². The van der Waals surface area contributed by atoms with Crippen molar-refractivity contribution >= 4 is 17.5 Å². The number of aromatic nitrogens is 2. The van der Waals surface area contributed by atoms with E-state index in [4.69, 9.17) is 9.84 Å². The van der Waals surface area contributed by atoms with Crippen molar-refractivity contribution in [3.63, 3.8) is 0 Å². The van der Waals surface area contributed by atoms with Gasteiger partial charge in [-0.1, -0.05) is 0 Å². The van der Waals surface area contributed by atoms with Crippen molar-refractivity contribution in [1.29, 1.82) is 0 Å². The van der Waals surface area contributed by atoms with Gasteiger partial charge in [-0.15, -0.1) is 0 Å². The number of carboxylic acid groups (broad SMARTS) is 1. The highest BCUT2D eigenvalue weighted by Gasteiger charge is 2.07. The summed E-state index contributed by atoms with van der Waals surface area (Å²) >= 11 is 0. The SMILES string of the molecule is COc1ccc(Nc2cc(C(=O)O)cc(C)n2)cn1. The molecule has 0 radical (unpaired) electrons. The van der Waals surface area contributed by atoms with Crippen LogP contribution in [0.1, 0.15) is 16.1 Å². The van der Waals surface area contributed by atoms with Gasteiger partial charge in [0.1, 0.15) is 5.82 Å². The third-order valence-corrected chi connectivity index (χ3v) is 2.42. The third-order valence-electron chi connectivity index (χ3n) is 2.42. The Morgan fingerprint density at radius 1 is 1.37 bits per heavy atom. The zero-order chi connectivity index (χ0) is 13.8. The first kappa shape index (κ1) is 12.8. The smallest absolute Gasteiger partial charge is 0.335 e. The lowest BCUT2D eigenvalue weighted by Gasteiger charge is -2.07. The summed E-state index contributed by atoms with van der Waals surface area (Å²) in [6.07, 6.45) is 1.59. The van der Waals surface area contributed by atoms with Gasteiger partial charge in [-0.25, -0.2) is 14.8 Å². The molecule has 98 valence electrons. The Kier molecular flexibility index (Phi) is 3.61. The van der Waals surface area contributed by atoms with E-state index in [0.717, 1.165) is 0 Å². The minimum Gasteiger partial charge on any atom is -0.481 e. The van der Waals surface area contributed by atoms with E-state index in [0.29, 0.717) is 23.1 Å². The monoisotopic (exact) mass is 259 g/mol. The largest absolute Gasteiger partial charge is 0.481 e. The Morgan fingerprint density at radius 3 is 2.74 bits per heavy atom. The molecule has 2 aromatic heterocycles. The zero-order valence-corrected chi connectivity index (χ0v) is 10.5. The average molecular weight is 259 g/mol. The van der Waals surface area contributed by atoms with Gasteiger partial charge in [0.15, 0.2) is 0 Å². The minimum atomic E-state index is -0.985. The number of nitrogens with zero attached hydrogens (tertiary/aromatic N) is 2. The molecule has 0 bridgehead atoms. The van der Waals surface area contributed by atoms with Crippen LogP contribution >= 0.6 is 0 Å². The molecule has 0 spiro atoms. The first-order chi connectivity index (χ1) is 9.08. The molecule has 6 nitrogen and oxygen atoms in total. The van der Waals surface area contributed by atoms with Crippen molar-refractivity contribution in [3.8, 4) is 5.88 Å². The first-order valence-electron chi connectivity index (χ1n) is 5.57. The highest BCUT2D eigenvalue weighted by atomic mass is 16.5. The van der Waals surface area contributed by atoms with E-state index in [9.17, 15) is 4.79 Å². The maximum Gasteiger partial charge on any atom is 0.335 e. The van der Waals surface area contributed by atoms with Crippen LogP contribution in [0.2, 0.25) is 0 Å². The molecule has 2 heterocycles. The lowest BCUT2D eigenvalue weighted by atomic mass is 10.2. The van der Waals surface area contributed by atoms with Gasteiger partial charge in [0.25, 0.3) is 0 Å². The van der Waals surface area contributed by atoms with Crippen LogP contribution in [0.5, 0.6) is 5.88 Å². The topological polar surface area (TPSA) is 84.3 Å². The standard InChI is InChI=1S/C13H13N3O3/c1-8-5-9(13(17)18)6-11(15-8)16-10-3-4-12(19-2)14-7-10/h3-7H,1-2H3,(H,15,16)(H,17,18). The fourth-order valence-electron chi connectivity index (χ4n) is 1.58. The molecule has 2 aromatic rings. The van der Waals surface area contributed by atoms with E-state index < -0.39 is 5.97 Å². The number of hydrogen-bond donors (Lipinski definition) is 2. The predicted molar refractivity (Wildman–Crippen MR) is 70.0 cm³/mol. The highest BCUT2D eigenvalue weighted by molar-refractivity contribution is 5.88. The van der Waals surface area contributed by atoms with Gasteiger partial charge in [-0.05, 0) is 25.1 Å². The van der Waals surface area contributed by atoms with Crippen LogP contribution in [0.3, 0.4) is 0 Å². The number of anilines is 2. The molecule has 0 unspecified atom stereocenters. The lowest BCUT2D eigenvalue weighted by molar-refractivity contribution is 0.0696. The van der Waals surface area contributed by atoms with E-state index in [1.165, 1.54) is 19.2 Å². The predicted octanol–water partition coefficient (Wildman–Crippen LogP) is 2.24. The summed E-state index contributed by atoms with van der Waals surface area (Å²) in [6, 6.07) is 6.46. The van der Waals surface area contributed by atoms with Crippen LogP contribution in [-0.2, 0) is 0 Å². The highest BCUT2D eigenvalue weighted by Crippen LogP contribution is 2.17. The molecule has 0 aliphatic rings. The number of aromatic carboxylic acids is 1. The van der Waals surface area contributed by atoms with Crippen LogP contribution in [-0.4, -0.2) is 28.2 Å². The molecule has 2 N–H and O–H groups in total. The molecule has 0 amide bonds. The Balaban J connectivity index is 2.24. The number of hydrogen-bond acceptors (Lipinski definition) is 5. The molecule has 0 atom stereocenters. The van der Waals surface area contributed by atoms with Crippen molar-refractivity contribution in [2.75, 3.05) is 12.4 Å². The van der Waals surface area contributed by atoms with Gasteiger partial charge < -0.3 is 15.2 Å². The fourth-order valence-corrected chi connectivity index (χ4v) is 1.58. The molecule has 2 rings (SSSR count). The average Bonchev–Trinajstić information content (AvgIpc) is 2.39. The second-order valence-corrected chi connectivity index (χ2v) is 3.90. The van der Waals surface area contributed by atoms with Crippen molar-refractivity contribution in [3.05, 3.63) is 41.7 Å². The number of nitrogens with one attached hydrogen (secondary N) is 1. The molecule has 0 aromatic carbocycles. The van der Waals surface area contributed by atoms with Crippen molar-refractivity contribution in [2.45, 2.75) is 6.92 Å². The summed E-state index contributed by atoms with van der Waals surface area (Å²) in [7, 11) is 1.54. The van der Waals surface area contributed by atoms with Crippen molar-refractivity contribution in [1.82, 2.24) is 9.97 Å². The van der Waals surface area contributed by atoms with Crippen molar-refractivity contribution in [2.24, 2.45) is 0 Å². The lowest BCUT2D eigenvalue weighted by Crippen LogP contribution is -2.02. The molecule has 0 aliphatic carbocycles. The summed E-state index contributed by atoms with van der Waals surface area (Å²) in [6.45, 7) is 1.74. The minimum absolute atomic E-state index is 0.191. The third kappa shape index (κ3) is 3.19. The molecule has 0 saturated heterocycles. The number of ether oxygens (including phenoxy) is 1. The maximum atomic E-state index is 11.0.